The van der Waals surface area contributed by atoms with Gasteiger partial charge >= 0.3 is 10.1 Å². The van der Waals surface area contributed by atoms with E-state index in [-0.39, 0.29) is 21.6 Å². The van der Waals surface area contributed by atoms with Gasteiger partial charge in [0, 0.05) is 43.8 Å². The second kappa shape index (κ2) is 8.42. The van der Waals surface area contributed by atoms with Crippen LogP contribution in [-0.2, 0) is 14.9 Å². The Morgan fingerprint density at radius 2 is 1.62 bits per heavy atom. The Labute approximate surface area is 181 Å². The van der Waals surface area contributed by atoms with Crippen LogP contribution in [0.2, 0.25) is 10.0 Å². The van der Waals surface area contributed by atoms with Crippen LogP contribution in [0.15, 0.2) is 35.2 Å². The van der Waals surface area contributed by atoms with Gasteiger partial charge in [0.05, 0.1) is 5.02 Å². The minimum absolute atomic E-state index is 0.0730. The Morgan fingerprint density at radius 1 is 1.03 bits per heavy atom. The number of amides is 1. The fourth-order valence-electron chi connectivity index (χ4n) is 3.27. The van der Waals surface area contributed by atoms with Crippen LogP contribution in [0.3, 0.4) is 0 Å². The Morgan fingerprint density at radius 3 is 2.17 bits per heavy atom. The number of benzene rings is 2. The maximum absolute atomic E-state index is 12.8. The molecule has 0 saturated carbocycles. The van der Waals surface area contributed by atoms with Crippen LogP contribution in [0.5, 0.6) is 5.75 Å². The predicted octanol–water partition coefficient (Wildman–Crippen LogP) is 4.05. The average Bonchev–Trinajstić information content (AvgIpc) is 2.67. The number of nitrogens with zero attached hydrogens (tertiary/aromatic N) is 2. The number of carbonyl (C=O) groups is 1. The zero-order valence-corrected chi connectivity index (χ0v) is 18.7. The lowest BCUT2D eigenvalue weighted by atomic mass is 10.2. The number of hydrogen-bond donors (Lipinski definition) is 0. The minimum Gasteiger partial charge on any atom is -0.379 e. The minimum atomic E-state index is -4.15. The van der Waals surface area contributed by atoms with Crippen LogP contribution in [0, 0.1) is 13.8 Å². The summed E-state index contributed by atoms with van der Waals surface area (Å²) in [5.74, 6) is 0.257. The molecular formula is C20H22Cl2N2O4S. The number of rotatable bonds is 4. The van der Waals surface area contributed by atoms with Gasteiger partial charge in [0.15, 0.2) is 0 Å². The van der Waals surface area contributed by atoms with Gasteiger partial charge in [-0.3, -0.25) is 4.79 Å². The summed E-state index contributed by atoms with van der Waals surface area (Å²) in [6.07, 6.45) is 0. The summed E-state index contributed by atoms with van der Waals surface area (Å²) in [4.78, 5) is 15.3. The SMILES string of the molecule is CC(=O)N1CCN(c2ccc(OS(=O)(=O)c3c(C)c(Cl)cc(C)c3Cl)cc2)CC1. The second-order valence-electron chi connectivity index (χ2n) is 6.97. The lowest BCUT2D eigenvalue weighted by Crippen LogP contribution is -2.48. The molecule has 1 amide bonds. The maximum atomic E-state index is 12.8. The summed E-state index contributed by atoms with van der Waals surface area (Å²) in [6, 6.07) is 8.42. The number of carbonyl (C=O) groups excluding carboxylic acids is 1. The van der Waals surface area contributed by atoms with Crippen molar-refractivity contribution < 1.29 is 17.4 Å². The molecule has 1 aliphatic rings. The van der Waals surface area contributed by atoms with E-state index < -0.39 is 10.1 Å². The van der Waals surface area contributed by atoms with Crippen LogP contribution in [0.1, 0.15) is 18.1 Å². The fraction of sp³-hybridized carbons (Fsp3) is 0.350. The first-order valence-electron chi connectivity index (χ1n) is 9.10. The Bertz CT molecular complexity index is 1010. The number of hydrogen-bond acceptors (Lipinski definition) is 5. The van der Waals surface area contributed by atoms with Crippen molar-refractivity contribution in [3.05, 3.63) is 51.5 Å². The molecule has 29 heavy (non-hydrogen) atoms. The van der Waals surface area contributed by atoms with E-state index in [2.05, 4.69) is 4.90 Å². The third kappa shape index (κ3) is 4.63. The molecule has 1 fully saturated rings. The first-order chi connectivity index (χ1) is 13.6. The highest BCUT2D eigenvalue weighted by Crippen LogP contribution is 2.35. The topological polar surface area (TPSA) is 66.9 Å². The molecule has 9 heteroatoms. The number of halogens is 2. The molecule has 0 atom stereocenters. The summed E-state index contributed by atoms with van der Waals surface area (Å²) in [6.45, 7) is 7.60. The van der Waals surface area contributed by atoms with Crippen LogP contribution < -0.4 is 9.08 Å². The summed E-state index contributed by atoms with van der Waals surface area (Å²) in [5.41, 5.74) is 1.84. The van der Waals surface area contributed by atoms with Crippen molar-refractivity contribution in [1.29, 1.82) is 0 Å². The molecule has 0 aliphatic carbocycles. The molecule has 1 heterocycles. The van der Waals surface area contributed by atoms with E-state index in [1.807, 2.05) is 0 Å². The molecule has 1 saturated heterocycles. The zero-order chi connectivity index (χ0) is 21.3. The molecule has 6 nitrogen and oxygen atoms in total. The van der Waals surface area contributed by atoms with E-state index in [1.165, 1.54) is 0 Å². The molecule has 0 spiro atoms. The molecule has 0 aromatic heterocycles. The molecule has 1 aliphatic heterocycles. The summed E-state index contributed by atoms with van der Waals surface area (Å²) in [5, 5.41) is 0.418. The van der Waals surface area contributed by atoms with Crippen molar-refractivity contribution in [2.75, 3.05) is 31.1 Å². The molecule has 3 rings (SSSR count). The number of anilines is 1. The van der Waals surface area contributed by atoms with E-state index in [1.54, 1.807) is 56.0 Å². The Hall–Kier alpha value is -1.96. The van der Waals surface area contributed by atoms with Gasteiger partial charge in [-0.05, 0) is 55.3 Å². The lowest BCUT2D eigenvalue weighted by Gasteiger charge is -2.35. The molecule has 156 valence electrons. The van der Waals surface area contributed by atoms with Gasteiger partial charge in [0.2, 0.25) is 5.91 Å². The van der Waals surface area contributed by atoms with E-state index in [9.17, 15) is 13.2 Å². The highest BCUT2D eigenvalue weighted by molar-refractivity contribution is 7.87. The van der Waals surface area contributed by atoms with Gasteiger partial charge < -0.3 is 14.0 Å². The number of aryl methyl sites for hydroxylation is 1. The summed E-state index contributed by atoms with van der Waals surface area (Å²) in [7, 11) is -4.15. The Kier molecular flexibility index (Phi) is 6.31. The standard InChI is InChI=1S/C20H22Cl2N2O4S/c1-13-12-18(21)14(2)20(19(13)22)29(26,27)28-17-6-4-16(5-7-17)24-10-8-23(9-11-24)15(3)25/h4-7,12H,8-11H2,1-3H3. The maximum Gasteiger partial charge on any atom is 0.341 e. The van der Waals surface area contributed by atoms with Gasteiger partial charge in [0.25, 0.3) is 0 Å². The molecule has 2 aromatic rings. The van der Waals surface area contributed by atoms with Crippen molar-refractivity contribution >= 4 is 44.9 Å². The van der Waals surface area contributed by atoms with Crippen LogP contribution in [0.25, 0.3) is 0 Å². The molecule has 0 radical (unpaired) electrons. The Balaban J connectivity index is 1.77. The summed E-state index contributed by atoms with van der Waals surface area (Å²) < 4.78 is 31.0. The van der Waals surface area contributed by atoms with Crippen molar-refractivity contribution in [3.63, 3.8) is 0 Å². The monoisotopic (exact) mass is 456 g/mol. The van der Waals surface area contributed by atoms with Crippen LogP contribution in [0.4, 0.5) is 5.69 Å². The smallest absolute Gasteiger partial charge is 0.341 e. The quantitative estimate of drug-likeness (QED) is 0.649. The third-order valence-electron chi connectivity index (χ3n) is 4.97. The van der Waals surface area contributed by atoms with E-state index >= 15 is 0 Å². The van der Waals surface area contributed by atoms with Crippen LogP contribution in [-0.4, -0.2) is 45.4 Å². The molecule has 0 unspecified atom stereocenters. The zero-order valence-electron chi connectivity index (χ0n) is 16.4. The molecule has 2 aromatic carbocycles. The predicted molar refractivity (Wildman–Crippen MR) is 115 cm³/mol. The summed E-state index contributed by atoms with van der Waals surface area (Å²) >= 11 is 12.4. The second-order valence-corrected chi connectivity index (χ2v) is 9.24. The average molecular weight is 457 g/mol. The molecular weight excluding hydrogens is 435 g/mol. The van der Waals surface area contributed by atoms with Gasteiger partial charge in [-0.25, -0.2) is 0 Å². The van der Waals surface area contributed by atoms with Gasteiger partial charge in [-0.2, -0.15) is 8.42 Å². The number of piperazine rings is 1. The highest BCUT2D eigenvalue weighted by Gasteiger charge is 2.26. The normalized spacial score (nSPS) is 14.8. The van der Waals surface area contributed by atoms with Crippen LogP contribution >= 0.6 is 23.2 Å². The van der Waals surface area contributed by atoms with Crippen molar-refractivity contribution in [3.8, 4) is 5.75 Å². The fourth-order valence-corrected chi connectivity index (χ4v) is 5.38. The van der Waals surface area contributed by atoms with E-state index in [4.69, 9.17) is 27.4 Å². The van der Waals surface area contributed by atoms with Crippen molar-refractivity contribution in [2.24, 2.45) is 0 Å². The first kappa shape index (κ1) is 21.7. The van der Waals surface area contributed by atoms with E-state index in [0.717, 1.165) is 5.69 Å². The first-order valence-corrected chi connectivity index (χ1v) is 11.3. The molecule has 0 bridgehead atoms. The lowest BCUT2D eigenvalue weighted by molar-refractivity contribution is -0.129. The largest absolute Gasteiger partial charge is 0.379 e. The third-order valence-corrected chi connectivity index (χ3v) is 7.38. The molecule has 0 N–H and O–H groups in total. The highest BCUT2D eigenvalue weighted by atomic mass is 35.5. The van der Waals surface area contributed by atoms with E-state index in [0.29, 0.717) is 42.3 Å². The van der Waals surface area contributed by atoms with Crippen molar-refractivity contribution in [1.82, 2.24) is 4.90 Å². The van der Waals surface area contributed by atoms with Crippen molar-refractivity contribution in [2.45, 2.75) is 25.7 Å². The van der Waals surface area contributed by atoms with Gasteiger partial charge in [-0.15, -0.1) is 0 Å². The van der Waals surface area contributed by atoms with Gasteiger partial charge in [0.1, 0.15) is 10.6 Å². The van der Waals surface area contributed by atoms with Gasteiger partial charge in [-0.1, -0.05) is 23.2 Å².